The minimum absolute atomic E-state index is 0.216. The third-order valence-corrected chi connectivity index (χ3v) is 3.52. The Kier molecular flexibility index (Phi) is 4.50. The van der Waals surface area contributed by atoms with Gasteiger partial charge in [-0.1, -0.05) is 0 Å². The number of likely N-dealkylation sites (tertiary alicyclic amines) is 1. The van der Waals surface area contributed by atoms with E-state index in [1.54, 1.807) is 25.7 Å². The van der Waals surface area contributed by atoms with Gasteiger partial charge in [0.1, 0.15) is 5.60 Å². The van der Waals surface area contributed by atoms with Crippen LogP contribution in [0.2, 0.25) is 0 Å². The molecule has 9 heteroatoms. The van der Waals surface area contributed by atoms with E-state index >= 15 is 0 Å². The Morgan fingerprint density at radius 3 is 2.30 bits per heavy atom. The van der Waals surface area contributed by atoms with Crippen LogP contribution in [0.15, 0.2) is 6.20 Å². The maximum Gasteiger partial charge on any atom is 0.437 e. The second kappa shape index (κ2) is 5.93. The number of anilines is 1. The highest BCUT2D eigenvalue weighted by Crippen LogP contribution is 2.34. The molecule has 0 atom stereocenters. The van der Waals surface area contributed by atoms with Crippen LogP contribution in [0.3, 0.4) is 0 Å². The second-order valence-electron chi connectivity index (χ2n) is 6.61. The summed E-state index contributed by atoms with van der Waals surface area (Å²) >= 11 is 0. The van der Waals surface area contributed by atoms with Crippen LogP contribution >= 0.6 is 0 Å². The number of amides is 1. The molecule has 130 valence electrons. The van der Waals surface area contributed by atoms with Crippen molar-refractivity contribution in [3.05, 3.63) is 11.9 Å². The molecule has 1 saturated heterocycles. The highest BCUT2D eigenvalue weighted by molar-refractivity contribution is 5.68. The predicted octanol–water partition coefficient (Wildman–Crippen LogP) is 3.06. The van der Waals surface area contributed by atoms with E-state index in [9.17, 15) is 18.0 Å². The first kappa shape index (κ1) is 17.4. The number of rotatable bonds is 1. The average Bonchev–Trinajstić information content (AvgIpc) is 2.79. The van der Waals surface area contributed by atoms with Crippen molar-refractivity contribution in [3.63, 3.8) is 0 Å². The number of carbonyl (C=O) groups excluding carboxylic acids is 1. The average molecular weight is 334 g/mol. The number of hydrogen-bond donors (Lipinski definition) is 1. The van der Waals surface area contributed by atoms with Gasteiger partial charge in [-0.2, -0.15) is 18.3 Å². The van der Waals surface area contributed by atoms with Gasteiger partial charge in [-0.25, -0.2) is 4.79 Å². The van der Waals surface area contributed by atoms with E-state index in [1.165, 1.54) is 10.9 Å². The van der Waals surface area contributed by atoms with Gasteiger partial charge in [0.25, 0.3) is 0 Å². The monoisotopic (exact) mass is 334 g/mol. The largest absolute Gasteiger partial charge is 0.444 e. The summed E-state index contributed by atoms with van der Waals surface area (Å²) in [7, 11) is 0. The van der Waals surface area contributed by atoms with Gasteiger partial charge in [0.15, 0.2) is 5.69 Å². The van der Waals surface area contributed by atoms with Gasteiger partial charge in [-0.15, -0.1) is 0 Å². The number of nitrogens with zero attached hydrogens (tertiary/aromatic N) is 3. The maximum atomic E-state index is 12.7. The molecular formula is C14H21F3N4O2. The summed E-state index contributed by atoms with van der Waals surface area (Å²) in [4.78, 5) is 13.5. The van der Waals surface area contributed by atoms with Crippen LogP contribution < -0.4 is 5.73 Å². The molecule has 0 bridgehead atoms. The SMILES string of the molecule is CC(C)(C)OC(=O)N1CCC(n2cc(N)c(C(F)(F)F)n2)CC1. The highest BCUT2D eigenvalue weighted by Gasteiger charge is 2.37. The summed E-state index contributed by atoms with van der Waals surface area (Å²) in [6.45, 7) is 6.15. The van der Waals surface area contributed by atoms with Gasteiger partial charge in [-0.05, 0) is 33.6 Å². The minimum Gasteiger partial charge on any atom is -0.444 e. The zero-order valence-corrected chi connectivity index (χ0v) is 13.4. The molecule has 23 heavy (non-hydrogen) atoms. The molecule has 0 unspecified atom stereocenters. The summed E-state index contributed by atoms with van der Waals surface area (Å²) in [5.74, 6) is 0. The van der Waals surface area contributed by atoms with Crippen LogP contribution in [0.1, 0.15) is 45.3 Å². The standard InChI is InChI=1S/C14H21F3N4O2/c1-13(2,3)23-12(22)20-6-4-9(5-7-20)21-8-10(18)11(19-21)14(15,16)17/h8-9H,4-7,18H2,1-3H3. The van der Waals surface area contributed by atoms with Gasteiger partial charge in [0.05, 0.1) is 11.7 Å². The molecule has 0 spiro atoms. The molecule has 0 aromatic carbocycles. The number of alkyl halides is 3. The van der Waals surface area contributed by atoms with Gasteiger partial charge < -0.3 is 15.4 Å². The highest BCUT2D eigenvalue weighted by atomic mass is 19.4. The third kappa shape index (κ3) is 4.29. The van der Waals surface area contributed by atoms with Crippen molar-refractivity contribution in [3.8, 4) is 0 Å². The van der Waals surface area contributed by atoms with Crippen molar-refractivity contribution >= 4 is 11.8 Å². The topological polar surface area (TPSA) is 73.4 Å². The molecule has 1 aromatic heterocycles. The normalized spacial score (nSPS) is 17.4. The molecule has 6 nitrogen and oxygen atoms in total. The molecular weight excluding hydrogens is 313 g/mol. The van der Waals surface area contributed by atoms with Crippen molar-refractivity contribution in [1.29, 1.82) is 0 Å². The molecule has 1 aromatic rings. The quantitative estimate of drug-likeness (QED) is 0.857. The van der Waals surface area contributed by atoms with E-state index in [0.29, 0.717) is 25.9 Å². The summed E-state index contributed by atoms with van der Waals surface area (Å²) in [5, 5.41) is 3.57. The van der Waals surface area contributed by atoms with Gasteiger partial charge in [0, 0.05) is 19.3 Å². The third-order valence-electron chi connectivity index (χ3n) is 3.52. The molecule has 1 aliphatic rings. The summed E-state index contributed by atoms with van der Waals surface area (Å²) < 4.78 is 44.7. The zero-order chi connectivity index (χ0) is 17.4. The maximum absolute atomic E-state index is 12.7. The van der Waals surface area contributed by atoms with Crippen LogP contribution in [0, 0.1) is 0 Å². The first-order chi connectivity index (χ1) is 10.5. The van der Waals surface area contributed by atoms with Gasteiger partial charge in [0.2, 0.25) is 0 Å². The lowest BCUT2D eigenvalue weighted by Crippen LogP contribution is -2.42. The Balaban J connectivity index is 1.99. The van der Waals surface area contributed by atoms with Crippen molar-refractivity contribution < 1.29 is 22.7 Å². The van der Waals surface area contributed by atoms with Crippen LogP contribution in [-0.2, 0) is 10.9 Å². The first-order valence-corrected chi connectivity index (χ1v) is 7.37. The van der Waals surface area contributed by atoms with Crippen molar-refractivity contribution in [2.75, 3.05) is 18.8 Å². The molecule has 0 radical (unpaired) electrons. The Morgan fingerprint density at radius 2 is 1.87 bits per heavy atom. The van der Waals surface area contributed by atoms with Crippen molar-refractivity contribution in [1.82, 2.24) is 14.7 Å². The minimum atomic E-state index is -4.56. The van der Waals surface area contributed by atoms with Crippen LogP contribution in [0.5, 0.6) is 0 Å². The number of aromatic nitrogens is 2. The molecule has 2 N–H and O–H groups in total. The second-order valence-corrected chi connectivity index (χ2v) is 6.61. The van der Waals surface area contributed by atoms with E-state index in [1.807, 2.05) is 0 Å². The summed E-state index contributed by atoms with van der Waals surface area (Å²) in [6, 6.07) is -0.216. The molecule has 2 heterocycles. The number of carbonyl (C=O) groups is 1. The molecule has 0 aliphatic carbocycles. The first-order valence-electron chi connectivity index (χ1n) is 7.37. The number of nitrogens with two attached hydrogens (primary N) is 1. The number of ether oxygens (including phenoxy) is 1. The van der Waals surface area contributed by atoms with Gasteiger partial charge >= 0.3 is 12.3 Å². The fourth-order valence-electron chi connectivity index (χ4n) is 2.45. The number of halogens is 3. The molecule has 1 aliphatic heterocycles. The van der Waals surface area contributed by atoms with E-state index in [0.717, 1.165) is 0 Å². The van der Waals surface area contributed by atoms with E-state index < -0.39 is 23.6 Å². The van der Waals surface area contributed by atoms with Crippen LogP contribution in [0.4, 0.5) is 23.7 Å². The molecule has 1 amide bonds. The lowest BCUT2D eigenvalue weighted by atomic mass is 10.1. The Labute approximate surface area is 132 Å². The predicted molar refractivity (Wildman–Crippen MR) is 77.7 cm³/mol. The number of nitrogen functional groups attached to an aromatic ring is 1. The molecule has 2 rings (SSSR count). The summed E-state index contributed by atoms with van der Waals surface area (Å²) in [5.41, 5.74) is 3.37. The Morgan fingerprint density at radius 1 is 1.30 bits per heavy atom. The number of hydrogen-bond acceptors (Lipinski definition) is 4. The Hall–Kier alpha value is -1.93. The van der Waals surface area contributed by atoms with E-state index in [-0.39, 0.29) is 11.7 Å². The van der Waals surface area contributed by atoms with Gasteiger partial charge in [-0.3, -0.25) is 4.68 Å². The smallest absolute Gasteiger partial charge is 0.437 e. The lowest BCUT2D eigenvalue weighted by molar-refractivity contribution is -0.140. The van der Waals surface area contributed by atoms with E-state index in [4.69, 9.17) is 10.5 Å². The molecule has 0 saturated carbocycles. The lowest BCUT2D eigenvalue weighted by Gasteiger charge is -2.33. The fraction of sp³-hybridized carbons (Fsp3) is 0.714. The number of piperidine rings is 1. The van der Waals surface area contributed by atoms with E-state index in [2.05, 4.69) is 5.10 Å². The van der Waals surface area contributed by atoms with Crippen LogP contribution in [-0.4, -0.2) is 39.5 Å². The van der Waals surface area contributed by atoms with Crippen molar-refractivity contribution in [2.45, 2.75) is 51.4 Å². The zero-order valence-electron chi connectivity index (χ0n) is 13.4. The summed E-state index contributed by atoms with van der Waals surface area (Å²) in [6.07, 6.45) is -2.77. The molecule has 1 fully saturated rings. The Bertz CT molecular complexity index is 570. The fourth-order valence-corrected chi connectivity index (χ4v) is 2.45. The van der Waals surface area contributed by atoms with Crippen molar-refractivity contribution in [2.24, 2.45) is 0 Å². The van der Waals surface area contributed by atoms with Crippen LogP contribution in [0.25, 0.3) is 0 Å².